The topological polar surface area (TPSA) is 72.2 Å². The van der Waals surface area contributed by atoms with Crippen LogP contribution in [0.5, 0.6) is 0 Å². The zero-order valence-corrected chi connectivity index (χ0v) is 10.4. The average Bonchev–Trinajstić information content (AvgIpc) is 2.33. The minimum Gasteiger partial charge on any atom is -0.476 e. The van der Waals surface area contributed by atoms with Gasteiger partial charge in [-0.25, -0.2) is 13.9 Å². The van der Waals surface area contributed by atoms with Crippen molar-refractivity contribution in [2.75, 3.05) is 0 Å². The number of rotatable bonds is 2. The van der Waals surface area contributed by atoms with Crippen LogP contribution in [0.2, 0.25) is 0 Å². The van der Waals surface area contributed by atoms with Crippen molar-refractivity contribution in [1.29, 1.82) is 0 Å². The predicted octanol–water partition coefficient (Wildman–Crippen LogP) is 1.83. The van der Waals surface area contributed by atoms with Crippen LogP contribution in [-0.2, 0) is 0 Å². The van der Waals surface area contributed by atoms with Crippen LogP contribution in [0.4, 0.5) is 4.39 Å². The van der Waals surface area contributed by atoms with Crippen molar-refractivity contribution in [3.8, 4) is 5.69 Å². The molecule has 0 amide bonds. The molecule has 1 aromatic heterocycles. The van der Waals surface area contributed by atoms with Crippen LogP contribution in [0.1, 0.15) is 10.5 Å². The van der Waals surface area contributed by atoms with Gasteiger partial charge in [0.2, 0.25) is 11.1 Å². The number of hydrogen-bond acceptors (Lipinski definition) is 3. The summed E-state index contributed by atoms with van der Waals surface area (Å²) in [6.07, 6.45) is 1.27. The highest BCUT2D eigenvalue weighted by Gasteiger charge is 2.12. The van der Waals surface area contributed by atoms with E-state index in [9.17, 15) is 14.0 Å². The molecule has 2 aromatic rings. The highest BCUT2D eigenvalue weighted by Crippen LogP contribution is 2.20. The maximum absolute atomic E-state index is 13.1. The van der Waals surface area contributed by atoms with Crippen molar-refractivity contribution in [1.82, 2.24) is 9.78 Å². The fraction of sp³-hybridized carbons (Fsp3) is 0. The lowest BCUT2D eigenvalue weighted by molar-refractivity contribution is 0.0687. The van der Waals surface area contributed by atoms with Crippen molar-refractivity contribution in [2.24, 2.45) is 0 Å². The molecular formula is C11H6BrFN2O3. The molecule has 0 fully saturated rings. The summed E-state index contributed by atoms with van der Waals surface area (Å²) in [6.45, 7) is 0. The summed E-state index contributed by atoms with van der Waals surface area (Å²) in [5, 5.41) is 12.5. The Balaban J connectivity index is 2.65. The van der Waals surface area contributed by atoms with Gasteiger partial charge in [0.1, 0.15) is 5.82 Å². The maximum Gasteiger partial charge on any atom is 0.360 e. The van der Waals surface area contributed by atoms with Crippen molar-refractivity contribution < 1.29 is 14.3 Å². The molecular weight excluding hydrogens is 307 g/mol. The number of carboxylic acid groups (broad SMARTS) is 1. The zero-order chi connectivity index (χ0) is 13.3. The Hall–Kier alpha value is -2.02. The lowest BCUT2D eigenvalue weighted by atomic mass is 10.3. The monoisotopic (exact) mass is 312 g/mol. The highest BCUT2D eigenvalue weighted by atomic mass is 79.9. The van der Waals surface area contributed by atoms with Crippen molar-refractivity contribution in [2.45, 2.75) is 0 Å². The van der Waals surface area contributed by atoms with E-state index in [1.807, 2.05) is 0 Å². The van der Waals surface area contributed by atoms with Gasteiger partial charge in [0, 0.05) is 22.8 Å². The maximum atomic E-state index is 13.1. The summed E-state index contributed by atoms with van der Waals surface area (Å²) in [5.74, 6) is -1.92. The summed E-state index contributed by atoms with van der Waals surface area (Å²) in [7, 11) is 0. The lowest BCUT2D eigenvalue weighted by Crippen LogP contribution is -2.20. The van der Waals surface area contributed by atoms with Crippen LogP contribution in [0.15, 0.2) is 39.7 Å². The largest absolute Gasteiger partial charge is 0.476 e. The normalized spacial score (nSPS) is 10.3. The standard InChI is InChI=1S/C11H6BrFN2O3/c12-7-2-1-6(13)5-8(7)15-4-3-9(16)10(14-15)11(17)18/h1-5H,(H,17,18). The van der Waals surface area contributed by atoms with Gasteiger partial charge in [-0.3, -0.25) is 4.79 Å². The molecule has 0 atom stereocenters. The zero-order valence-electron chi connectivity index (χ0n) is 8.80. The molecule has 0 saturated carbocycles. The van der Waals surface area contributed by atoms with Crippen LogP contribution in [0.25, 0.3) is 5.69 Å². The molecule has 1 N–H and O–H groups in total. The van der Waals surface area contributed by atoms with Crippen LogP contribution in [-0.4, -0.2) is 20.9 Å². The number of benzene rings is 1. The summed E-state index contributed by atoms with van der Waals surface area (Å²) in [4.78, 5) is 22.0. The summed E-state index contributed by atoms with van der Waals surface area (Å²) in [5.41, 5.74) is -1.02. The van der Waals surface area contributed by atoms with Crippen LogP contribution in [0.3, 0.4) is 0 Å². The van der Waals surface area contributed by atoms with Gasteiger partial charge < -0.3 is 5.11 Å². The molecule has 0 aliphatic carbocycles. The Morgan fingerprint density at radius 1 is 1.39 bits per heavy atom. The van der Waals surface area contributed by atoms with Crippen LogP contribution < -0.4 is 5.43 Å². The minimum atomic E-state index is -1.43. The fourth-order valence-electron chi connectivity index (χ4n) is 1.35. The van der Waals surface area contributed by atoms with E-state index in [1.165, 1.54) is 24.4 Å². The third kappa shape index (κ3) is 2.30. The predicted molar refractivity (Wildman–Crippen MR) is 64.5 cm³/mol. The first-order chi connectivity index (χ1) is 8.49. The molecule has 0 saturated heterocycles. The Morgan fingerprint density at radius 2 is 2.11 bits per heavy atom. The fourth-order valence-corrected chi connectivity index (χ4v) is 1.78. The third-order valence-electron chi connectivity index (χ3n) is 2.17. The molecule has 7 heteroatoms. The molecule has 0 aliphatic rings. The summed E-state index contributed by atoms with van der Waals surface area (Å²) in [6, 6.07) is 4.94. The van der Waals surface area contributed by atoms with E-state index >= 15 is 0 Å². The molecule has 5 nitrogen and oxygen atoms in total. The van der Waals surface area contributed by atoms with Gasteiger partial charge in [-0.2, -0.15) is 5.10 Å². The van der Waals surface area contributed by atoms with E-state index in [0.29, 0.717) is 10.2 Å². The second-order valence-corrected chi connectivity index (χ2v) is 4.23. The van der Waals surface area contributed by atoms with Crippen molar-refractivity contribution >= 4 is 21.9 Å². The molecule has 92 valence electrons. The second-order valence-electron chi connectivity index (χ2n) is 3.37. The average molecular weight is 313 g/mol. The van der Waals surface area contributed by atoms with E-state index in [4.69, 9.17) is 5.11 Å². The van der Waals surface area contributed by atoms with Gasteiger partial charge in [0.15, 0.2) is 0 Å². The molecule has 1 aromatic carbocycles. The number of halogens is 2. The van der Waals surface area contributed by atoms with E-state index in [2.05, 4.69) is 21.0 Å². The van der Waals surface area contributed by atoms with Gasteiger partial charge in [0.25, 0.3) is 0 Å². The molecule has 0 aliphatic heterocycles. The first-order valence-electron chi connectivity index (χ1n) is 4.78. The number of carboxylic acids is 1. The van der Waals surface area contributed by atoms with Crippen LogP contribution >= 0.6 is 15.9 Å². The Kier molecular flexibility index (Phi) is 3.24. The first kappa shape index (κ1) is 12.4. The van der Waals surface area contributed by atoms with E-state index < -0.39 is 22.9 Å². The van der Waals surface area contributed by atoms with Crippen molar-refractivity contribution in [3.63, 3.8) is 0 Å². The minimum absolute atomic E-state index is 0.303. The van der Waals surface area contributed by atoms with Gasteiger partial charge in [0.05, 0.1) is 5.69 Å². The van der Waals surface area contributed by atoms with E-state index in [0.717, 1.165) is 10.7 Å². The first-order valence-corrected chi connectivity index (χ1v) is 5.57. The number of nitrogens with zero attached hydrogens (tertiary/aromatic N) is 2. The quantitative estimate of drug-likeness (QED) is 0.918. The van der Waals surface area contributed by atoms with E-state index in [-0.39, 0.29) is 0 Å². The number of carbonyl (C=O) groups is 1. The van der Waals surface area contributed by atoms with Gasteiger partial charge >= 0.3 is 5.97 Å². The summed E-state index contributed by atoms with van der Waals surface area (Å²) < 4.78 is 14.8. The Labute approximate surface area is 109 Å². The number of aromatic carboxylic acids is 1. The Bertz CT molecular complexity index is 684. The van der Waals surface area contributed by atoms with E-state index in [1.54, 1.807) is 0 Å². The van der Waals surface area contributed by atoms with Crippen molar-refractivity contribution in [3.05, 3.63) is 56.7 Å². The number of aromatic nitrogens is 2. The molecule has 18 heavy (non-hydrogen) atoms. The number of hydrogen-bond donors (Lipinski definition) is 1. The summed E-state index contributed by atoms with van der Waals surface area (Å²) >= 11 is 3.19. The van der Waals surface area contributed by atoms with Gasteiger partial charge in [-0.1, -0.05) is 0 Å². The van der Waals surface area contributed by atoms with Crippen LogP contribution in [0, 0.1) is 5.82 Å². The molecule has 0 radical (unpaired) electrons. The smallest absolute Gasteiger partial charge is 0.360 e. The van der Waals surface area contributed by atoms with Gasteiger partial charge in [-0.15, -0.1) is 0 Å². The third-order valence-corrected chi connectivity index (χ3v) is 2.84. The highest BCUT2D eigenvalue weighted by molar-refractivity contribution is 9.10. The lowest BCUT2D eigenvalue weighted by Gasteiger charge is -2.07. The molecule has 1 heterocycles. The van der Waals surface area contributed by atoms with Gasteiger partial charge in [-0.05, 0) is 28.1 Å². The second kappa shape index (κ2) is 4.69. The SMILES string of the molecule is O=C(O)c1nn(-c2cc(F)ccc2Br)ccc1=O. The molecule has 0 spiro atoms. The molecule has 2 rings (SSSR count). The molecule has 0 bridgehead atoms. The Morgan fingerprint density at radius 3 is 2.78 bits per heavy atom. The molecule has 0 unspecified atom stereocenters.